The van der Waals surface area contributed by atoms with Gasteiger partial charge in [-0.1, -0.05) is 6.07 Å². The molecule has 0 N–H and O–H groups in total. The highest BCUT2D eigenvalue weighted by Gasteiger charge is 2.24. The van der Waals surface area contributed by atoms with E-state index in [0.29, 0.717) is 0 Å². The number of rotatable bonds is 6. The van der Waals surface area contributed by atoms with Crippen LogP contribution in [0.2, 0.25) is 0 Å². The van der Waals surface area contributed by atoms with E-state index in [1.807, 2.05) is 0 Å². The van der Waals surface area contributed by atoms with Crippen molar-refractivity contribution in [3.8, 4) is 5.75 Å². The summed E-state index contributed by atoms with van der Waals surface area (Å²) in [5.74, 6) is 0.917. The second-order valence-corrected chi connectivity index (χ2v) is 9.60. The molecule has 33 heavy (non-hydrogen) atoms. The molecule has 1 unspecified atom stereocenters. The second kappa shape index (κ2) is 10.3. The average Bonchev–Trinajstić information content (AvgIpc) is 2.88. The number of fused-ring (bicyclic) bond motifs is 1. The molecule has 2 aromatic rings. The van der Waals surface area contributed by atoms with Crippen molar-refractivity contribution in [2.75, 3.05) is 89.5 Å². The van der Waals surface area contributed by atoms with Crippen molar-refractivity contribution in [3.63, 3.8) is 0 Å². The fraction of sp³-hybridized carbons (Fsp3) is 0.556. The molecule has 3 aliphatic rings. The van der Waals surface area contributed by atoms with Gasteiger partial charge in [0, 0.05) is 70.3 Å². The minimum atomic E-state index is 0.231. The van der Waals surface area contributed by atoms with Crippen molar-refractivity contribution in [2.24, 2.45) is 0 Å². The minimum Gasteiger partial charge on any atom is -0.497 e. The van der Waals surface area contributed by atoms with Crippen molar-refractivity contribution >= 4 is 11.4 Å². The Labute approximate surface area is 198 Å². The quantitative estimate of drug-likeness (QED) is 0.672. The van der Waals surface area contributed by atoms with Crippen LogP contribution in [0, 0.1) is 0 Å². The molecule has 0 radical (unpaired) electrons. The summed E-state index contributed by atoms with van der Waals surface area (Å²) in [5.41, 5.74) is 5.58. The van der Waals surface area contributed by atoms with Crippen LogP contribution in [-0.4, -0.2) is 89.5 Å². The van der Waals surface area contributed by atoms with Crippen molar-refractivity contribution < 1.29 is 9.47 Å². The molecule has 6 heteroatoms. The first-order chi connectivity index (χ1) is 16.2. The van der Waals surface area contributed by atoms with Crippen LogP contribution >= 0.6 is 0 Å². The fourth-order valence-corrected chi connectivity index (χ4v) is 5.35. The Morgan fingerprint density at radius 1 is 0.848 bits per heavy atom. The predicted octanol–water partition coefficient (Wildman–Crippen LogP) is 3.27. The first-order valence-electron chi connectivity index (χ1n) is 12.5. The number of ether oxygens (including phenoxy) is 2. The monoisotopic (exact) mass is 450 g/mol. The number of piperazine rings is 2. The summed E-state index contributed by atoms with van der Waals surface area (Å²) in [6, 6.07) is 15.5. The molecule has 6 nitrogen and oxygen atoms in total. The zero-order chi connectivity index (χ0) is 22.6. The second-order valence-electron chi connectivity index (χ2n) is 9.60. The van der Waals surface area contributed by atoms with Crippen molar-refractivity contribution in [3.05, 3.63) is 53.6 Å². The van der Waals surface area contributed by atoms with E-state index in [1.54, 1.807) is 7.11 Å². The molecule has 0 saturated carbocycles. The zero-order valence-electron chi connectivity index (χ0n) is 20.2. The van der Waals surface area contributed by atoms with E-state index in [-0.39, 0.29) is 6.10 Å². The normalized spacial score (nSPS) is 22.3. The Bertz CT molecular complexity index is 903. The average molecular weight is 451 g/mol. The highest BCUT2D eigenvalue weighted by molar-refractivity contribution is 5.53. The van der Waals surface area contributed by atoms with Crippen LogP contribution in [0.25, 0.3) is 0 Å². The molecule has 1 atom stereocenters. The molecule has 178 valence electrons. The SMILES string of the molecule is COc1ccc(N2CCN(CCC3OCCc4cc(N5CCN(C)CC5)ccc43)CC2)cc1. The largest absolute Gasteiger partial charge is 0.497 e. The lowest BCUT2D eigenvalue weighted by molar-refractivity contribution is 0.0289. The standard InChI is InChI=1S/C27H38N4O2/c1-28-12-16-31(17-13-28)24-5-8-26-22(21-24)10-20-33-27(26)9-11-29-14-18-30(19-15-29)23-3-6-25(32-2)7-4-23/h3-8,21,27H,9-20H2,1-2H3. The molecule has 0 spiro atoms. The van der Waals surface area contributed by atoms with Crippen LogP contribution in [0.5, 0.6) is 5.75 Å². The lowest BCUT2D eigenvalue weighted by Gasteiger charge is -2.37. The maximum Gasteiger partial charge on any atom is 0.119 e. The van der Waals surface area contributed by atoms with Gasteiger partial charge in [0.2, 0.25) is 0 Å². The number of hydrogen-bond acceptors (Lipinski definition) is 6. The third-order valence-corrected chi connectivity index (χ3v) is 7.55. The van der Waals surface area contributed by atoms with E-state index in [0.717, 1.165) is 84.1 Å². The summed E-state index contributed by atoms with van der Waals surface area (Å²) in [6.45, 7) is 10.8. The molecule has 3 aliphatic heterocycles. The Kier molecular flexibility index (Phi) is 7.04. The first kappa shape index (κ1) is 22.5. The van der Waals surface area contributed by atoms with Gasteiger partial charge in [-0.25, -0.2) is 0 Å². The molecule has 2 fully saturated rings. The number of anilines is 2. The Hall–Kier alpha value is -2.28. The van der Waals surface area contributed by atoms with Crippen LogP contribution in [0.4, 0.5) is 11.4 Å². The highest BCUT2D eigenvalue weighted by Crippen LogP contribution is 2.33. The Morgan fingerprint density at radius 3 is 2.24 bits per heavy atom. The van der Waals surface area contributed by atoms with E-state index in [1.165, 1.54) is 22.5 Å². The zero-order valence-corrected chi connectivity index (χ0v) is 20.2. The van der Waals surface area contributed by atoms with Gasteiger partial charge in [0.1, 0.15) is 5.75 Å². The van der Waals surface area contributed by atoms with Gasteiger partial charge in [0.05, 0.1) is 19.8 Å². The van der Waals surface area contributed by atoms with Crippen LogP contribution < -0.4 is 14.5 Å². The molecule has 3 heterocycles. The van der Waals surface area contributed by atoms with Gasteiger partial charge in [0.15, 0.2) is 0 Å². The maximum absolute atomic E-state index is 6.24. The fourth-order valence-electron chi connectivity index (χ4n) is 5.35. The van der Waals surface area contributed by atoms with E-state index in [4.69, 9.17) is 9.47 Å². The van der Waals surface area contributed by atoms with Gasteiger partial charge in [-0.05, 0) is 67.4 Å². The lowest BCUT2D eigenvalue weighted by Crippen LogP contribution is -2.47. The van der Waals surface area contributed by atoms with Crippen LogP contribution in [-0.2, 0) is 11.2 Å². The van der Waals surface area contributed by atoms with Gasteiger partial charge in [-0.2, -0.15) is 0 Å². The van der Waals surface area contributed by atoms with Crippen molar-refractivity contribution in [2.45, 2.75) is 18.9 Å². The van der Waals surface area contributed by atoms with Gasteiger partial charge in [0.25, 0.3) is 0 Å². The van der Waals surface area contributed by atoms with Gasteiger partial charge in [-0.15, -0.1) is 0 Å². The summed E-state index contributed by atoms with van der Waals surface area (Å²) >= 11 is 0. The lowest BCUT2D eigenvalue weighted by atomic mass is 9.94. The minimum absolute atomic E-state index is 0.231. The highest BCUT2D eigenvalue weighted by atomic mass is 16.5. The first-order valence-corrected chi connectivity index (χ1v) is 12.5. The molecule has 0 bridgehead atoms. The number of nitrogens with zero attached hydrogens (tertiary/aromatic N) is 4. The van der Waals surface area contributed by atoms with E-state index in [9.17, 15) is 0 Å². The van der Waals surface area contributed by atoms with Crippen LogP contribution in [0.1, 0.15) is 23.7 Å². The summed E-state index contributed by atoms with van der Waals surface area (Å²) in [7, 11) is 3.93. The molecule has 5 rings (SSSR count). The predicted molar refractivity (Wildman–Crippen MR) is 135 cm³/mol. The maximum atomic E-state index is 6.24. The van der Waals surface area contributed by atoms with E-state index in [2.05, 4.69) is 69.1 Å². The molecule has 0 aliphatic carbocycles. The van der Waals surface area contributed by atoms with Crippen LogP contribution in [0.3, 0.4) is 0 Å². The van der Waals surface area contributed by atoms with Crippen LogP contribution in [0.15, 0.2) is 42.5 Å². The third-order valence-electron chi connectivity index (χ3n) is 7.55. The number of benzene rings is 2. The summed E-state index contributed by atoms with van der Waals surface area (Å²) < 4.78 is 11.5. The van der Waals surface area contributed by atoms with Crippen molar-refractivity contribution in [1.82, 2.24) is 9.80 Å². The molecule has 0 amide bonds. The molecular formula is C27H38N4O2. The van der Waals surface area contributed by atoms with Gasteiger partial charge < -0.3 is 24.2 Å². The molecule has 2 saturated heterocycles. The molecule has 0 aromatic heterocycles. The topological polar surface area (TPSA) is 31.4 Å². The number of hydrogen-bond donors (Lipinski definition) is 0. The molecule has 2 aromatic carbocycles. The number of methoxy groups -OCH3 is 1. The third kappa shape index (κ3) is 5.29. The number of likely N-dealkylation sites (N-methyl/N-ethyl adjacent to an activating group) is 1. The molecular weight excluding hydrogens is 412 g/mol. The van der Waals surface area contributed by atoms with E-state index < -0.39 is 0 Å². The van der Waals surface area contributed by atoms with Crippen molar-refractivity contribution in [1.29, 1.82) is 0 Å². The smallest absolute Gasteiger partial charge is 0.119 e. The Morgan fingerprint density at radius 2 is 1.52 bits per heavy atom. The van der Waals surface area contributed by atoms with Gasteiger partial charge >= 0.3 is 0 Å². The summed E-state index contributed by atoms with van der Waals surface area (Å²) in [4.78, 5) is 10.0. The summed E-state index contributed by atoms with van der Waals surface area (Å²) in [5, 5.41) is 0. The summed E-state index contributed by atoms with van der Waals surface area (Å²) in [6.07, 6.45) is 2.34. The van der Waals surface area contributed by atoms with E-state index >= 15 is 0 Å². The Balaban J connectivity index is 1.14. The van der Waals surface area contributed by atoms with Gasteiger partial charge in [-0.3, -0.25) is 4.90 Å².